The summed E-state index contributed by atoms with van der Waals surface area (Å²) in [6.45, 7) is 3.68. The second-order valence-corrected chi connectivity index (χ2v) is 5.51. The molecule has 0 radical (unpaired) electrons. The Morgan fingerprint density at radius 2 is 1.75 bits per heavy atom. The van der Waals surface area contributed by atoms with Crippen LogP contribution in [0.15, 0.2) is 39.9 Å². The minimum absolute atomic E-state index is 0.200. The number of benzene rings is 1. The van der Waals surface area contributed by atoms with Crippen molar-refractivity contribution in [2.24, 2.45) is 15.6 Å². The van der Waals surface area contributed by atoms with E-state index >= 15 is 0 Å². The highest BCUT2D eigenvalue weighted by Crippen LogP contribution is 2.36. The zero-order chi connectivity index (χ0) is 14.9. The predicted octanol–water partition coefficient (Wildman–Crippen LogP) is 4.21. The van der Waals surface area contributed by atoms with Gasteiger partial charge < -0.3 is 5.11 Å². The highest BCUT2D eigenvalue weighted by atomic mass is 19.1. The van der Waals surface area contributed by atoms with Gasteiger partial charge in [0, 0.05) is 12.8 Å². The summed E-state index contributed by atoms with van der Waals surface area (Å²) in [5, 5.41) is 16.8. The number of azo groups is 1. The van der Waals surface area contributed by atoms with Gasteiger partial charge in [-0.1, -0.05) is 19.9 Å². The monoisotopic (exact) mass is 280 g/mol. The first-order chi connectivity index (χ1) is 9.30. The molecule has 0 spiro atoms. The maximum Gasteiger partial charge on any atom is 0.187 e. The molecule has 106 valence electrons. The smallest absolute Gasteiger partial charge is 0.187 e. The Kier molecular flexibility index (Phi) is 3.65. The maximum atomic E-state index is 13.4. The first-order valence-electron chi connectivity index (χ1n) is 6.11. The number of nitrogens with zero attached hydrogens (tertiary/aromatic N) is 2. The fourth-order valence-corrected chi connectivity index (χ4v) is 2.08. The van der Waals surface area contributed by atoms with Crippen molar-refractivity contribution < 1.29 is 18.7 Å². The van der Waals surface area contributed by atoms with Crippen LogP contribution in [0.2, 0.25) is 0 Å². The van der Waals surface area contributed by atoms with E-state index in [1.807, 2.05) is 13.8 Å². The molecule has 20 heavy (non-hydrogen) atoms. The molecule has 0 saturated carbocycles. The van der Waals surface area contributed by atoms with Crippen LogP contribution in [0.1, 0.15) is 26.7 Å². The number of halogens is 2. The molecule has 0 saturated heterocycles. The van der Waals surface area contributed by atoms with E-state index in [1.54, 1.807) is 0 Å². The number of hydrogen-bond acceptors (Lipinski definition) is 4. The molecular weight excluding hydrogens is 266 g/mol. The fraction of sp³-hybridized carbons (Fsp3) is 0.357. The van der Waals surface area contributed by atoms with Crippen molar-refractivity contribution in [1.29, 1.82) is 0 Å². The van der Waals surface area contributed by atoms with Crippen molar-refractivity contribution in [3.8, 4) is 0 Å². The quantitative estimate of drug-likeness (QED) is 0.825. The van der Waals surface area contributed by atoms with Gasteiger partial charge in [0.05, 0.1) is 0 Å². The molecule has 0 atom stereocenters. The Bertz CT molecular complexity index is 601. The van der Waals surface area contributed by atoms with Crippen LogP contribution in [0.25, 0.3) is 0 Å². The van der Waals surface area contributed by atoms with E-state index in [2.05, 4.69) is 10.2 Å². The lowest BCUT2D eigenvalue weighted by atomic mass is 9.78. The molecule has 2 rings (SSSR count). The van der Waals surface area contributed by atoms with Crippen LogP contribution in [-0.2, 0) is 4.79 Å². The van der Waals surface area contributed by atoms with Crippen LogP contribution >= 0.6 is 0 Å². The largest absolute Gasteiger partial charge is 0.510 e. The number of rotatable bonds is 2. The van der Waals surface area contributed by atoms with E-state index in [-0.39, 0.29) is 35.5 Å². The minimum atomic E-state index is -0.877. The number of Topliss-reactive ketones (excluding diaryl/α,β-unsaturated/α-hetero) is 1. The molecule has 1 aliphatic carbocycles. The van der Waals surface area contributed by atoms with Gasteiger partial charge >= 0.3 is 0 Å². The average molecular weight is 280 g/mol. The van der Waals surface area contributed by atoms with Gasteiger partial charge in [0.1, 0.15) is 5.76 Å². The topological polar surface area (TPSA) is 62.0 Å². The first-order valence-corrected chi connectivity index (χ1v) is 6.11. The summed E-state index contributed by atoms with van der Waals surface area (Å²) in [5.74, 6) is -2.35. The lowest BCUT2D eigenvalue weighted by Crippen LogP contribution is -2.25. The van der Waals surface area contributed by atoms with Crippen molar-refractivity contribution in [2.45, 2.75) is 26.7 Å². The Morgan fingerprint density at radius 1 is 1.15 bits per heavy atom. The molecule has 0 unspecified atom stereocenters. The van der Waals surface area contributed by atoms with E-state index < -0.39 is 17.3 Å². The minimum Gasteiger partial charge on any atom is -0.510 e. The Morgan fingerprint density at radius 3 is 2.30 bits per heavy atom. The van der Waals surface area contributed by atoms with Crippen LogP contribution in [-0.4, -0.2) is 10.9 Å². The summed E-state index contributed by atoms with van der Waals surface area (Å²) in [5.41, 5.74) is -1.17. The standard InChI is InChI=1S/C14H14F2N2O2/c1-14(2)6-10(19)13(11(20)7-14)18-17-12-8(15)4-3-5-9(12)16/h3-5,19H,6-7H2,1-2H3. The third kappa shape index (κ3) is 2.89. The molecule has 0 aliphatic heterocycles. The summed E-state index contributed by atoms with van der Waals surface area (Å²) in [6, 6.07) is 3.28. The van der Waals surface area contributed by atoms with E-state index in [9.17, 15) is 18.7 Å². The molecule has 1 aromatic rings. The molecule has 0 fully saturated rings. The molecule has 1 aromatic carbocycles. The molecule has 0 bridgehead atoms. The zero-order valence-electron chi connectivity index (χ0n) is 11.2. The van der Waals surface area contributed by atoms with Gasteiger partial charge in [-0.3, -0.25) is 4.79 Å². The predicted molar refractivity (Wildman–Crippen MR) is 68.6 cm³/mol. The number of carbonyl (C=O) groups is 1. The van der Waals surface area contributed by atoms with E-state index in [1.165, 1.54) is 6.07 Å². The van der Waals surface area contributed by atoms with Gasteiger partial charge in [0.25, 0.3) is 0 Å². The Labute approximate surface area is 114 Å². The first kappa shape index (κ1) is 14.3. The average Bonchev–Trinajstić information content (AvgIpc) is 2.29. The fourth-order valence-electron chi connectivity index (χ4n) is 2.08. The van der Waals surface area contributed by atoms with Gasteiger partial charge in [-0.25, -0.2) is 8.78 Å². The molecule has 0 aromatic heterocycles. The van der Waals surface area contributed by atoms with Gasteiger partial charge in [-0.2, -0.15) is 0 Å². The summed E-state index contributed by atoms with van der Waals surface area (Å²) < 4.78 is 26.7. The van der Waals surface area contributed by atoms with Crippen LogP contribution in [0.3, 0.4) is 0 Å². The van der Waals surface area contributed by atoms with Crippen LogP contribution in [0.5, 0.6) is 0 Å². The highest BCUT2D eigenvalue weighted by molar-refractivity contribution is 5.96. The number of hydrogen-bond donors (Lipinski definition) is 1. The molecule has 1 N–H and O–H groups in total. The maximum absolute atomic E-state index is 13.4. The SMILES string of the molecule is CC1(C)CC(=O)C(N=Nc2c(F)cccc2F)=C(O)C1. The van der Waals surface area contributed by atoms with Crippen molar-refractivity contribution >= 4 is 11.5 Å². The van der Waals surface area contributed by atoms with Crippen molar-refractivity contribution in [2.75, 3.05) is 0 Å². The van der Waals surface area contributed by atoms with Crippen LogP contribution in [0.4, 0.5) is 14.5 Å². The van der Waals surface area contributed by atoms with Gasteiger partial charge in [0.15, 0.2) is 28.8 Å². The third-order valence-electron chi connectivity index (χ3n) is 3.01. The van der Waals surface area contributed by atoms with Gasteiger partial charge in [0.2, 0.25) is 0 Å². The molecule has 4 nitrogen and oxygen atoms in total. The second-order valence-electron chi connectivity index (χ2n) is 5.51. The summed E-state index contributed by atoms with van der Waals surface area (Å²) in [7, 11) is 0. The second kappa shape index (κ2) is 5.11. The van der Waals surface area contributed by atoms with E-state index in [0.29, 0.717) is 0 Å². The van der Waals surface area contributed by atoms with Crippen molar-refractivity contribution in [3.05, 3.63) is 41.3 Å². The van der Waals surface area contributed by atoms with Crippen LogP contribution < -0.4 is 0 Å². The molecule has 1 aliphatic rings. The van der Waals surface area contributed by atoms with Crippen molar-refractivity contribution in [1.82, 2.24) is 0 Å². The molecule has 6 heteroatoms. The zero-order valence-corrected chi connectivity index (χ0v) is 11.2. The molecule has 0 heterocycles. The van der Waals surface area contributed by atoms with Crippen molar-refractivity contribution in [3.63, 3.8) is 0 Å². The van der Waals surface area contributed by atoms with Gasteiger partial charge in [-0.05, 0) is 17.5 Å². The number of aliphatic hydroxyl groups excluding tert-OH is 1. The summed E-state index contributed by atoms with van der Waals surface area (Å²) >= 11 is 0. The normalized spacial score (nSPS) is 18.9. The highest BCUT2D eigenvalue weighted by Gasteiger charge is 2.33. The number of carbonyl (C=O) groups excluding carboxylic acids is 1. The number of ketones is 1. The van der Waals surface area contributed by atoms with E-state index in [4.69, 9.17) is 0 Å². The summed E-state index contributed by atoms with van der Waals surface area (Å²) in [4.78, 5) is 11.9. The summed E-state index contributed by atoms with van der Waals surface area (Å²) in [6.07, 6.45) is 0.470. The molecular formula is C14H14F2N2O2. The number of allylic oxidation sites excluding steroid dienone is 2. The Balaban J connectivity index is 2.34. The lowest BCUT2D eigenvalue weighted by molar-refractivity contribution is -0.118. The Hall–Kier alpha value is -2.11. The number of aliphatic hydroxyl groups is 1. The molecule has 0 amide bonds. The van der Waals surface area contributed by atoms with E-state index in [0.717, 1.165) is 12.1 Å². The van der Waals surface area contributed by atoms with Crippen LogP contribution in [0, 0.1) is 17.0 Å². The lowest BCUT2D eigenvalue weighted by Gasteiger charge is -2.27. The van der Waals surface area contributed by atoms with Gasteiger partial charge in [-0.15, -0.1) is 10.2 Å². The third-order valence-corrected chi connectivity index (χ3v) is 3.01.